The first-order chi connectivity index (χ1) is 12.4. The smallest absolute Gasteiger partial charge is 0.254 e. The van der Waals surface area contributed by atoms with E-state index >= 15 is 0 Å². The minimum absolute atomic E-state index is 0.0841. The van der Waals surface area contributed by atoms with Gasteiger partial charge in [-0.25, -0.2) is 4.39 Å². The predicted octanol–water partition coefficient (Wildman–Crippen LogP) is 1.75. The van der Waals surface area contributed by atoms with E-state index < -0.39 is 16.8 Å². The Hall–Kier alpha value is -2.70. The van der Waals surface area contributed by atoms with E-state index in [0.29, 0.717) is 30.4 Å². The highest BCUT2D eigenvalue weighted by molar-refractivity contribution is 6.06. The number of H-pyrrole nitrogens is 1. The second kappa shape index (κ2) is 5.93. The number of hydrogen-bond acceptors (Lipinski definition) is 3. The third-order valence-corrected chi connectivity index (χ3v) is 5.63. The van der Waals surface area contributed by atoms with Crippen molar-refractivity contribution in [3.8, 4) is 0 Å². The minimum Gasteiger partial charge on any atom is -0.345 e. The molecule has 136 valence electrons. The van der Waals surface area contributed by atoms with Crippen LogP contribution in [0, 0.1) is 11.2 Å². The molecule has 2 saturated heterocycles. The van der Waals surface area contributed by atoms with Crippen LogP contribution in [-0.4, -0.2) is 53.3 Å². The Morgan fingerprint density at radius 1 is 1.19 bits per heavy atom. The summed E-state index contributed by atoms with van der Waals surface area (Å²) in [7, 11) is 1.79. The molecule has 2 aromatic rings. The Morgan fingerprint density at radius 3 is 2.81 bits per heavy atom. The maximum absolute atomic E-state index is 13.7. The largest absolute Gasteiger partial charge is 0.345 e. The molecule has 0 saturated carbocycles. The maximum atomic E-state index is 13.7. The highest BCUT2D eigenvalue weighted by Gasteiger charge is 2.48. The van der Waals surface area contributed by atoms with Crippen LogP contribution in [0.15, 0.2) is 29.1 Å². The topological polar surface area (TPSA) is 73.5 Å². The average Bonchev–Trinajstić information content (AvgIpc) is 3.04. The normalized spacial score (nSPS) is 23.2. The van der Waals surface area contributed by atoms with Crippen molar-refractivity contribution in [2.75, 3.05) is 26.7 Å². The molecule has 4 rings (SSSR count). The zero-order valence-electron chi connectivity index (χ0n) is 14.5. The molecule has 2 aliphatic rings. The van der Waals surface area contributed by atoms with Gasteiger partial charge in [0.05, 0.1) is 11.0 Å². The fourth-order valence-corrected chi connectivity index (χ4v) is 4.27. The lowest BCUT2D eigenvalue weighted by Crippen LogP contribution is -2.48. The monoisotopic (exact) mass is 357 g/mol. The Bertz CT molecular complexity index is 970. The van der Waals surface area contributed by atoms with Gasteiger partial charge in [-0.3, -0.25) is 14.4 Å². The zero-order valence-corrected chi connectivity index (χ0v) is 14.5. The van der Waals surface area contributed by atoms with Crippen LogP contribution >= 0.6 is 0 Å². The van der Waals surface area contributed by atoms with E-state index in [-0.39, 0.29) is 17.4 Å². The second-order valence-corrected chi connectivity index (χ2v) is 7.32. The van der Waals surface area contributed by atoms with E-state index in [2.05, 4.69) is 4.98 Å². The van der Waals surface area contributed by atoms with E-state index in [0.717, 1.165) is 19.4 Å². The van der Waals surface area contributed by atoms with Crippen LogP contribution in [0.1, 0.15) is 29.6 Å². The lowest BCUT2D eigenvalue weighted by atomic mass is 9.78. The summed E-state index contributed by atoms with van der Waals surface area (Å²) < 4.78 is 13.7. The van der Waals surface area contributed by atoms with Crippen molar-refractivity contribution in [3.63, 3.8) is 0 Å². The Labute approximate surface area is 149 Å². The number of hydrogen-bond donors (Lipinski definition) is 1. The van der Waals surface area contributed by atoms with Crippen LogP contribution < -0.4 is 5.56 Å². The maximum Gasteiger partial charge on any atom is 0.254 e. The van der Waals surface area contributed by atoms with Gasteiger partial charge in [0.2, 0.25) is 11.5 Å². The van der Waals surface area contributed by atoms with Gasteiger partial charge in [-0.2, -0.15) is 0 Å². The fourth-order valence-electron chi connectivity index (χ4n) is 4.27. The molecule has 1 aromatic heterocycles. The molecule has 1 unspecified atom stereocenters. The van der Waals surface area contributed by atoms with Crippen LogP contribution in [0.3, 0.4) is 0 Å². The Balaban J connectivity index is 1.69. The first-order valence-corrected chi connectivity index (χ1v) is 8.77. The molecule has 2 aliphatic heterocycles. The van der Waals surface area contributed by atoms with Crippen LogP contribution in [0.5, 0.6) is 0 Å². The number of pyridine rings is 1. The summed E-state index contributed by atoms with van der Waals surface area (Å²) in [4.78, 5) is 43.6. The van der Waals surface area contributed by atoms with Crippen molar-refractivity contribution in [1.82, 2.24) is 14.8 Å². The number of halogens is 1. The van der Waals surface area contributed by atoms with Crippen molar-refractivity contribution in [2.45, 2.75) is 19.3 Å². The molecule has 0 bridgehead atoms. The third kappa shape index (κ3) is 2.58. The van der Waals surface area contributed by atoms with Crippen LogP contribution in [0.2, 0.25) is 0 Å². The first-order valence-electron chi connectivity index (χ1n) is 8.77. The summed E-state index contributed by atoms with van der Waals surface area (Å²) in [5.41, 5.74) is -0.332. The van der Waals surface area contributed by atoms with Crippen molar-refractivity contribution in [2.24, 2.45) is 5.41 Å². The number of piperidine rings is 1. The average molecular weight is 357 g/mol. The number of nitrogens with zero attached hydrogens (tertiary/aromatic N) is 2. The first kappa shape index (κ1) is 16.8. The molecule has 3 heterocycles. The van der Waals surface area contributed by atoms with E-state index in [1.807, 2.05) is 0 Å². The third-order valence-electron chi connectivity index (χ3n) is 5.63. The highest BCUT2D eigenvalue weighted by Crippen LogP contribution is 2.40. The highest BCUT2D eigenvalue weighted by atomic mass is 19.1. The molecule has 1 aromatic carbocycles. The molecule has 1 atom stereocenters. The van der Waals surface area contributed by atoms with E-state index in [1.54, 1.807) is 16.8 Å². The summed E-state index contributed by atoms with van der Waals surface area (Å²) in [5, 5.41) is 0.377. The van der Waals surface area contributed by atoms with Crippen LogP contribution in [0.4, 0.5) is 4.39 Å². The lowest BCUT2D eigenvalue weighted by molar-refractivity contribution is -0.143. The van der Waals surface area contributed by atoms with Crippen molar-refractivity contribution >= 4 is 22.7 Å². The van der Waals surface area contributed by atoms with Crippen molar-refractivity contribution in [3.05, 3.63) is 46.0 Å². The molecule has 1 N–H and O–H groups in total. The van der Waals surface area contributed by atoms with E-state index in [1.165, 1.54) is 24.3 Å². The quantitative estimate of drug-likeness (QED) is 0.845. The van der Waals surface area contributed by atoms with E-state index in [4.69, 9.17) is 0 Å². The number of amides is 2. The molecular formula is C19H20FN3O3. The summed E-state index contributed by atoms with van der Waals surface area (Å²) in [6.45, 7) is 1.55. The molecule has 26 heavy (non-hydrogen) atoms. The molecule has 1 spiro atoms. The summed E-state index contributed by atoms with van der Waals surface area (Å²) in [6.07, 6.45) is 2.31. The van der Waals surface area contributed by atoms with Gasteiger partial charge >= 0.3 is 0 Å². The van der Waals surface area contributed by atoms with Gasteiger partial charge in [-0.15, -0.1) is 0 Å². The number of fused-ring (bicyclic) bond motifs is 1. The van der Waals surface area contributed by atoms with Crippen molar-refractivity contribution < 1.29 is 14.0 Å². The van der Waals surface area contributed by atoms with Crippen molar-refractivity contribution in [1.29, 1.82) is 0 Å². The number of benzene rings is 1. The Morgan fingerprint density at radius 2 is 2.00 bits per heavy atom. The number of carbonyl (C=O) groups is 2. The number of rotatable bonds is 1. The predicted molar refractivity (Wildman–Crippen MR) is 94.4 cm³/mol. The summed E-state index contributed by atoms with van der Waals surface area (Å²) in [5.74, 6) is -0.717. The van der Waals surface area contributed by atoms with Crippen LogP contribution in [0.25, 0.3) is 10.9 Å². The lowest BCUT2D eigenvalue weighted by Gasteiger charge is -2.37. The Kier molecular flexibility index (Phi) is 3.82. The standard InChI is InChI=1S/C19H20FN3O3/c1-22-7-2-5-19(18(22)26)6-8-23(11-19)17(25)14-10-16(24)21-15-4-3-12(20)9-13(14)15/h3-4,9-10H,2,5-8,11H2,1H3,(H,21,24). The van der Waals surface area contributed by atoms with Crippen LogP contribution in [-0.2, 0) is 4.79 Å². The van der Waals surface area contributed by atoms with Gasteiger partial charge in [0.15, 0.2) is 0 Å². The SMILES string of the molecule is CN1CCCC2(CCN(C(=O)c3cc(=O)[nH]c4ccc(F)cc34)C2)C1=O. The zero-order chi connectivity index (χ0) is 18.5. The molecule has 7 heteroatoms. The van der Waals surface area contributed by atoms with Gasteiger partial charge in [-0.1, -0.05) is 0 Å². The number of aromatic amines is 1. The number of nitrogens with one attached hydrogen (secondary N) is 1. The van der Waals surface area contributed by atoms with E-state index in [9.17, 15) is 18.8 Å². The molecular weight excluding hydrogens is 337 g/mol. The van der Waals surface area contributed by atoms with Gasteiger partial charge in [-0.05, 0) is 37.5 Å². The number of likely N-dealkylation sites (tertiary alicyclic amines) is 2. The molecule has 0 radical (unpaired) electrons. The van der Waals surface area contributed by atoms with Gasteiger partial charge in [0.1, 0.15) is 5.82 Å². The molecule has 6 nitrogen and oxygen atoms in total. The number of aromatic nitrogens is 1. The fraction of sp³-hybridized carbons (Fsp3) is 0.421. The summed E-state index contributed by atoms with van der Waals surface area (Å²) in [6, 6.07) is 5.16. The molecule has 2 fully saturated rings. The summed E-state index contributed by atoms with van der Waals surface area (Å²) >= 11 is 0. The minimum atomic E-state index is -0.523. The molecule has 2 amide bonds. The molecule has 0 aliphatic carbocycles. The van der Waals surface area contributed by atoms with Gasteiger partial charge in [0, 0.05) is 43.7 Å². The van der Waals surface area contributed by atoms with Gasteiger partial charge < -0.3 is 14.8 Å². The second-order valence-electron chi connectivity index (χ2n) is 7.32. The van der Waals surface area contributed by atoms with Gasteiger partial charge in [0.25, 0.3) is 5.91 Å². The number of carbonyl (C=O) groups excluding carboxylic acids is 2.